The highest BCUT2D eigenvalue weighted by Gasteiger charge is 2.19. The number of anilines is 1. The second-order valence-corrected chi connectivity index (χ2v) is 6.82. The fraction of sp³-hybridized carbons (Fsp3) is 0.684. The van der Waals surface area contributed by atoms with Gasteiger partial charge in [0.15, 0.2) is 0 Å². The molecule has 0 aromatic heterocycles. The van der Waals surface area contributed by atoms with Crippen LogP contribution in [-0.4, -0.2) is 38.4 Å². The molecular formula is C19H29FN2O. The summed E-state index contributed by atoms with van der Waals surface area (Å²) < 4.78 is 18.9. The van der Waals surface area contributed by atoms with E-state index in [0.29, 0.717) is 12.1 Å². The van der Waals surface area contributed by atoms with E-state index >= 15 is 0 Å². The maximum Gasteiger partial charge on any atom is 0.123 e. The van der Waals surface area contributed by atoms with E-state index in [-0.39, 0.29) is 5.82 Å². The third-order valence-electron chi connectivity index (χ3n) is 5.10. The maximum atomic E-state index is 13.0. The van der Waals surface area contributed by atoms with E-state index in [1.165, 1.54) is 25.7 Å². The molecule has 1 N–H and O–H groups in total. The Morgan fingerprint density at radius 3 is 2.43 bits per heavy atom. The Kier molecular flexibility index (Phi) is 6.29. The predicted octanol–water partition coefficient (Wildman–Crippen LogP) is 3.73. The Balaban J connectivity index is 1.28. The van der Waals surface area contributed by atoms with Crippen molar-refractivity contribution in [2.24, 2.45) is 0 Å². The zero-order chi connectivity index (χ0) is 15.9. The number of benzene rings is 1. The normalized spacial score (nSPS) is 20.3. The van der Waals surface area contributed by atoms with Crippen LogP contribution in [-0.2, 0) is 4.74 Å². The maximum absolute atomic E-state index is 13.0. The van der Waals surface area contributed by atoms with Crippen LogP contribution in [0.1, 0.15) is 44.9 Å². The molecule has 4 heteroatoms. The molecule has 1 aromatic carbocycles. The zero-order valence-corrected chi connectivity index (χ0v) is 14.0. The van der Waals surface area contributed by atoms with Crippen LogP contribution in [0.25, 0.3) is 0 Å². The van der Waals surface area contributed by atoms with E-state index in [2.05, 4.69) is 10.2 Å². The van der Waals surface area contributed by atoms with Gasteiger partial charge in [-0.15, -0.1) is 0 Å². The minimum absolute atomic E-state index is 0.162. The molecule has 1 heterocycles. The Bertz CT molecular complexity index is 451. The van der Waals surface area contributed by atoms with E-state index in [1.54, 1.807) is 12.1 Å². The van der Waals surface area contributed by atoms with Gasteiger partial charge in [0.25, 0.3) is 0 Å². The van der Waals surface area contributed by atoms with Gasteiger partial charge in [-0.2, -0.15) is 0 Å². The summed E-state index contributed by atoms with van der Waals surface area (Å²) in [5.74, 6) is -0.162. The summed E-state index contributed by atoms with van der Waals surface area (Å²) in [6.07, 6.45) is 9.15. The fourth-order valence-corrected chi connectivity index (χ4v) is 3.68. The number of hydrogen-bond acceptors (Lipinski definition) is 3. The second kappa shape index (κ2) is 8.65. The third-order valence-corrected chi connectivity index (χ3v) is 5.10. The molecule has 0 spiro atoms. The molecule has 2 aliphatic rings. The lowest BCUT2D eigenvalue weighted by molar-refractivity contribution is 0.0565. The van der Waals surface area contributed by atoms with Crippen molar-refractivity contribution in [1.82, 2.24) is 5.32 Å². The van der Waals surface area contributed by atoms with E-state index in [0.717, 1.165) is 51.2 Å². The minimum atomic E-state index is -0.162. The van der Waals surface area contributed by atoms with Crippen LogP contribution >= 0.6 is 0 Å². The van der Waals surface area contributed by atoms with Crippen molar-refractivity contribution in [2.75, 3.05) is 31.1 Å². The highest BCUT2D eigenvalue weighted by Crippen LogP contribution is 2.21. The topological polar surface area (TPSA) is 24.5 Å². The van der Waals surface area contributed by atoms with Gasteiger partial charge in [-0.05, 0) is 62.9 Å². The molecule has 0 radical (unpaired) electrons. The largest absolute Gasteiger partial charge is 0.378 e. The predicted molar refractivity (Wildman–Crippen MR) is 92.5 cm³/mol. The van der Waals surface area contributed by atoms with Crippen molar-refractivity contribution in [2.45, 2.75) is 57.1 Å². The first-order chi connectivity index (χ1) is 11.3. The summed E-state index contributed by atoms with van der Waals surface area (Å²) in [5, 5.41) is 3.66. The lowest BCUT2D eigenvalue weighted by atomic mass is 10.0. The van der Waals surface area contributed by atoms with E-state index < -0.39 is 0 Å². The van der Waals surface area contributed by atoms with Crippen molar-refractivity contribution in [3.63, 3.8) is 0 Å². The summed E-state index contributed by atoms with van der Waals surface area (Å²) in [5.41, 5.74) is 1.13. The van der Waals surface area contributed by atoms with Gasteiger partial charge in [-0.1, -0.05) is 12.8 Å². The molecular weight excluding hydrogens is 291 g/mol. The molecule has 0 amide bonds. The van der Waals surface area contributed by atoms with Gasteiger partial charge in [0.2, 0.25) is 0 Å². The quantitative estimate of drug-likeness (QED) is 0.775. The Morgan fingerprint density at radius 2 is 1.74 bits per heavy atom. The van der Waals surface area contributed by atoms with Crippen LogP contribution < -0.4 is 10.2 Å². The molecule has 1 aliphatic carbocycles. The Hall–Kier alpha value is -1.13. The first kappa shape index (κ1) is 16.7. The lowest BCUT2D eigenvalue weighted by Gasteiger charge is -2.34. The zero-order valence-electron chi connectivity index (χ0n) is 14.0. The second-order valence-electron chi connectivity index (χ2n) is 6.82. The van der Waals surface area contributed by atoms with Crippen molar-refractivity contribution in [3.8, 4) is 0 Å². The highest BCUT2D eigenvalue weighted by molar-refractivity contribution is 5.46. The summed E-state index contributed by atoms with van der Waals surface area (Å²) in [7, 11) is 0. The third kappa shape index (κ3) is 5.18. The fourth-order valence-electron chi connectivity index (χ4n) is 3.68. The Morgan fingerprint density at radius 1 is 1.04 bits per heavy atom. The monoisotopic (exact) mass is 320 g/mol. The molecule has 1 saturated heterocycles. The number of nitrogens with one attached hydrogen (secondary N) is 1. The standard InChI is InChI=1S/C19H29FN2O/c20-16-6-8-18(9-7-16)22-13-10-17(11-14-22)21-12-3-15-23-19-4-1-2-5-19/h6-9,17,19,21H,1-5,10-15H2. The highest BCUT2D eigenvalue weighted by atomic mass is 19.1. The first-order valence-corrected chi connectivity index (χ1v) is 9.17. The molecule has 0 bridgehead atoms. The van der Waals surface area contributed by atoms with Gasteiger partial charge >= 0.3 is 0 Å². The number of rotatable bonds is 7. The van der Waals surface area contributed by atoms with Gasteiger partial charge in [-0.25, -0.2) is 4.39 Å². The van der Waals surface area contributed by atoms with Crippen LogP contribution in [0.5, 0.6) is 0 Å². The van der Waals surface area contributed by atoms with Crippen LogP contribution in [0.2, 0.25) is 0 Å². The number of ether oxygens (including phenoxy) is 1. The van der Waals surface area contributed by atoms with Crippen LogP contribution in [0, 0.1) is 5.82 Å². The summed E-state index contributed by atoms with van der Waals surface area (Å²) >= 11 is 0. The number of hydrogen-bond donors (Lipinski definition) is 1. The van der Waals surface area contributed by atoms with E-state index in [1.807, 2.05) is 12.1 Å². The van der Waals surface area contributed by atoms with Gasteiger partial charge in [-0.3, -0.25) is 0 Å². The van der Waals surface area contributed by atoms with Crippen molar-refractivity contribution < 1.29 is 9.13 Å². The van der Waals surface area contributed by atoms with Gasteiger partial charge < -0.3 is 15.0 Å². The van der Waals surface area contributed by atoms with Crippen molar-refractivity contribution in [1.29, 1.82) is 0 Å². The molecule has 3 rings (SSSR count). The Labute approximate surface area is 139 Å². The van der Waals surface area contributed by atoms with Crippen LogP contribution in [0.3, 0.4) is 0 Å². The van der Waals surface area contributed by atoms with Crippen LogP contribution in [0.15, 0.2) is 24.3 Å². The van der Waals surface area contributed by atoms with Gasteiger partial charge in [0.1, 0.15) is 5.82 Å². The number of piperidine rings is 1. The molecule has 3 nitrogen and oxygen atoms in total. The molecule has 0 atom stereocenters. The van der Waals surface area contributed by atoms with Crippen LogP contribution in [0.4, 0.5) is 10.1 Å². The first-order valence-electron chi connectivity index (χ1n) is 9.17. The van der Waals surface area contributed by atoms with Gasteiger partial charge in [0, 0.05) is 31.4 Å². The average Bonchev–Trinajstić information content (AvgIpc) is 3.09. The van der Waals surface area contributed by atoms with E-state index in [4.69, 9.17) is 4.74 Å². The molecule has 1 aliphatic heterocycles. The summed E-state index contributed by atoms with van der Waals surface area (Å²) in [6, 6.07) is 7.46. The molecule has 1 aromatic rings. The molecule has 1 saturated carbocycles. The molecule has 2 fully saturated rings. The average molecular weight is 320 g/mol. The summed E-state index contributed by atoms with van der Waals surface area (Å²) in [4.78, 5) is 2.35. The molecule has 128 valence electrons. The molecule has 23 heavy (non-hydrogen) atoms. The smallest absolute Gasteiger partial charge is 0.123 e. The molecule has 0 unspecified atom stereocenters. The van der Waals surface area contributed by atoms with E-state index in [9.17, 15) is 4.39 Å². The van der Waals surface area contributed by atoms with Crippen molar-refractivity contribution in [3.05, 3.63) is 30.1 Å². The minimum Gasteiger partial charge on any atom is -0.378 e. The SMILES string of the molecule is Fc1ccc(N2CCC(NCCCOC3CCCC3)CC2)cc1. The summed E-state index contributed by atoms with van der Waals surface area (Å²) in [6.45, 7) is 4.03. The number of nitrogens with zero attached hydrogens (tertiary/aromatic N) is 1. The lowest BCUT2D eigenvalue weighted by Crippen LogP contribution is -2.43. The van der Waals surface area contributed by atoms with Crippen molar-refractivity contribution >= 4 is 5.69 Å². The van der Waals surface area contributed by atoms with Gasteiger partial charge in [0.05, 0.1) is 6.10 Å². The number of halogens is 1.